The zero-order valence-corrected chi connectivity index (χ0v) is 11.3. The summed E-state index contributed by atoms with van der Waals surface area (Å²) in [6, 6.07) is 3.42. The van der Waals surface area contributed by atoms with Crippen molar-refractivity contribution in [2.45, 2.75) is 26.3 Å². The fraction of sp³-hybridized carbons (Fsp3) is 0.462. The standard InChI is InChI=1S/C13H15Cl2NO/c1-9(17)10-6-12(14)11(13(15)7-10)8-16-4-2-3-5-16/h6-7H,2-5,8H2,1H3. The maximum Gasteiger partial charge on any atom is 0.159 e. The summed E-state index contributed by atoms with van der Waals surface area (Å²) in [6.45, 7) is 4.49. The lowest BCUT2D eigenvalue weighted by molar-refractivity contribution is 0.101. The van der Waals surface area contributed by atoms with Gasteiger partial charge in [0.1, 0.15) is 0 Å². The molecule has 0 spiro atoms. The van der Waals surface area contributed by atoms with Crippen LogP contribution >= 0.6 is 23.2 Å². The summed E-state index contributed by atoms with van der Waals surface area (Å²) >= 11 is 12.4. The molecule has 1 aliphatic heterocycles. The predicted octanol–water partition coefficient (Wildman–Crippen LogP) is 3.79. The van der Waals surface area contributed by atoms with Gasteiger partial charge in [-0.1, -0.05) is 23.2 Å². The minimum absolute atomic E-state index is 0.0125. The van der Waals surface area contributed by atoms with Crippen LogP contribution in [0, 0.1) is 0 Å². The number of carbonyl (C=O) groups excluding carboxylic acids is 1. The fourth-order valence-corrected chi connectivity index (χ4v) is 2.73. The number of Topliss-reactive ketones (excluding diaryl/α,β-unsaturated/α-hetero) is 1. The van der Waals surface area contributed by atoms with Gasteiger partial charge in [0.2, 0.25) is 0 Å². The number of likely N-dealkylation sites (tertiary alicyclic amines) is 1. The van der Waals surface area contributed by atoms with E-state index in [9.17, 15) is 4.79 Å². The minimum Gasteiger partial charge on any atom is -0.299 e. The largest absolute Gasteiger partial charge is 0.299 e. The summed E-state index contributed by atoms with van der Waals surface area (Å²) < 4.78 is 0. The maximum absolute atomic E-state index is 11.3. The van der Waals surface area contributed by atoms with Gasteiger partial charge in [-0.05, 0) is 45.0 Å². The van der Waals surface area contributed by atoms with Crippen molar-refractivity contribution < 1.29 is 4.79 Å². The van der Waals surface area contributed by atoms with Crippen LogP contribution in [-0.4, -0.2) is 23.8 Å². The maximum atomic E-state index is 11.3. The monoisotopic (exact) mass is 271 g/mol. The third-order valence-corrected chi connectivity index (χ3v) is 3.80. The van der Waals surface area contributed by atoms with E-state index in [4.69, 9.17) is 23.2 Å². The number of benzene rings is 1. The second-order valence-electron chi connectivity index (χ2n) is 4.46. The zero-order chi connectivity index (χ0) is 12.4. The van der Waals surface area contributed by atoms with Crippen LogP contribution in [0.15, 0.2) is 12.1 Å². The highest BCUT2D eigenvalue weighted by Crippen LogP contribution is 2.29. The van der Waals surface area contributed by atoms with Crippen molar-refractivity contribution in [2.24, 2.45) is 0 Å². The normalized spacial score (nSPS) is 16.4. The lowest BCUT2D eigenvalue weighted by Gasteiger charge is -2.17. The van der Waals surface area contributed by atoms with Crippen LogP contribution in [0.4, 0.5) is 0 Å². The number of nitrogens with zero attached hydrogens (tertiary/aromatic N) is 1. The molecule has 1 heterocycles. The Bertz CT molecular complexity index is 416. The molecule has 0 radical (unpaired) electrons. The van der Waals surface area contributed by atoms with E-state index >= 15 is 0 Å². The molecular weight excluding hydrogens is 257 g/mol. The molecule has 0 atom stereocenters. The van der Waals surface area contributed by atoms with Crippen molar-refractivity contribution in [1.82, 2.24) is 4.90 Å². The summed E-state index contributed by atoms with van der Waals surface area (Å²) in [5.41, 5.74) is 1.51. The molecule has 0 saturated carbocycles. The van der Waals surface area contributed by atoms with E-state index < -0.39 is 0 Å². The van der Waals surface area contributed by atoms with Crippen molar-refractivity contribution in [2.75, 3.05) is 13.1 Å². The van der Waals surface area contributed by atoms with Crippen molar-refractivity contribution in [1.29, 1.82) is 0 Å². The van der Waals surface area contributed by atoms with E-state index in [1.54, 1.807) is 12.1 Å². The van der Waals surface area contributed by atoms with Gasteiger partial charge in [-0.15, -0.1) is 0 Å². The molecule has 2 nitrogen and oxygen atoms in total. The molecule has 92 valence electrons. The number of halogens is 2. The first-order chi connectivity index (χ1) is 8.08. The Hall–Kier alpha value is -0.570. The molecule has 0 bridgehead atoms. The molecule has 1 saturated heterocycles. The van der Waals surface area contributed by atoms with Crippen LogP contribution in [0.3, 0.4) is 0 Å². The first-order valence-electron chi connectivity index (χ1n) is 5.79. The third-order valence-electron chi connectivity index (χ3n) is 3.13. The highest BCUT2D eigenvalue weighted by Gasteiger charge is 2.16. The highest BCUT2D eigenvalue weighted by atomic mass is 35.5. The first-order valence-corrected chi connectivity index (χ1v) is 6.54. The van der Waals surface area contributed by atoms with Crippen molar-refractivity contribution in [3.05, 3.63) is 33.3 Å². The summed E-state index contributed by atoms with van der Waals surface area (Å²) in [6.07, 6.45) is 2.47. The van der Waals surface area contributed by atoms with E-state index in [-0.39, 0.29) is 5.78 Å². The van der Waals surface area contributed by atoms with E-state index in [1.165, 1.54) is 19.8 Å². The molecule has 4 heteroatoms. The highest BCUT2D eigenvalue weighted by molar-refractivity contribution is 6.36. The summed E-state index contributed by atoms with van der Waals surface area (Å²) in [7, 11) is 0. The fourth-order valence-electron chi connectivity index (χ4n) is 2.12. The van der Waals surface area contributed by atoms with Crippen LogP contribution in [0.1, 0.15) is 35.7 Å². The molecule has 17 heavy (non-hydrogen) atoms. The van der Waals surface area contributed by atoms with Crippen LogP contribution < -0.4 is 0 Å². The van der Waals surface area contributed by atoms with E-state index in [2.05, 4.69) is 4.90 Å². The quantitative estimate of drug-likeness (QED) is 0.780. The Kier molecular flexibility index (Phi) is 4.08. The van der Waals surface area contributed by atoms with E-state index in [0.29, 0.717) is 15.6 Å². The summed E-state index contributed by atoms with van der Waals surface area (Å²) in [5, 5.41) is 1.18. The van der Waals surface area contributed by atoms with E-state index in [1.807, 2.05) is 0 Å². The molecule has 0 unspecified atom stereocenters. The first kappa shape index (κ1) is 12.9. The summed E-state index contributed by atoms with van der Waals surface area (Å²) in [5.74, 6) is -0.0125. The molecule has 1 aromatic rings. The third kappa shape index (κ3) is 3.01. The van der Waals surface area contributed by atoms with Gasteiger partial charge in [0.05, 0.1) is 0 Å². The summed E-state index contributed by atoms with van der Waals surface area (Å²) in [4.78, 5) is 13.6. The minimum atomic E-state index is -0.0125. The molecule has 1 fully saturated rings. The Morgan fingerprint density at radius 1 is 1.24 bits per heavy atom. The van der Waals surface area contributed by atoms with Crippen LogP contribution in [0.2, 0.25) is 10.0 Å². The van der Waals surface area contributed by atoms with Crippen LogP contribution in [0.5, 0.6) is 0 Å². The van der Waals surface area contributed by atoms with Crippen molar-refractivity contribution in [3.8, 4) is 0 Å². The molecule has 0 amide bonds. The number of hydrogen-bond donors (Lipinski definition) is 0. The van der Waals surface area contributed by atoms with Gasteiger partial charge >= 0.3 is 0 Å². The average Bonchev–Trinajstić information content (AvgIpc) is 2.75. The Labute approximate surface area is 112 Å². The Balaban J connectivity index is 2.24. The predicted molar refractivity (Wildman–Crippen MR) is 71.0 cm³/mol. The van der Waals surface area contributed by atoms with Gasteiger partial charge < -0.3 is 0 Å². The Morgan fingerprint density at radius 3 is 2.24 bits per heavy atom. The molecule has 2 rings (SSSR count). The second-order valence-corrected chi connectivity index (χ2v) is 5.27. The lowest BCUT2D eigenvalue weighted by atomic mass is 10.1. The molecule has 0 N–H and O–H groups in total. The van der Waals surface area contributed by atoms with E-state index in [0.717, 1.165) is 25.2 Å². The molecular formula is C13H15Cl2NO. The number of carbonyl (C=O) groups is 1. The van der Waals surface area contributed by atoms with Crippen LogP contribution in [0.25, 0.3) is 0 Å². The number of rotatable bonds is 3. The average molecular weight is 272 g/mol. The lowest BCUT2D eigenvalue weighted by Crippen LogP contribution is -2.19. The molecule has 1 aliphatic rings. The number of hydrogen-bond acceptors (Lipinski definition) is 2. The van der Waals surface area contributed by atoms with Crippen molar-refractivity contribution >= 4 is 29.0 Å². The van der Waals surface area contributed by atoms with Crippen LogP contribution in [-0.2, 0) is 6.54 Å². The molecule has 0 aliphatic carbocycles. The van der Waals surface area contributed by atoms with Gasteiger partial charge in [-0.25, -0.2) is 0 Å². The second kappa shape index (κ2) is 5.38. The topological polar surface area (TPSA) is 20.3 Å². The zero-order valence-electron chi connectivity index (χ0n) is 9.80. The molecule has 0 aromatic heterocycles. The Morgan fingerprint density at radius 2 is 1.76 bits per heavy atom. The van der Waals surface area contributed by atoms with Gasteiger partial charge in [-0.2, -0.15) is 0 Å². The SMILES string of the molecule is CC(=O)c1cc(Cl)c(CN2CCCC2)c(Cl)c1. The molecule has 1 aromatic carbocycles. The van der Waals surface area contributed by atoms with Gasteiger partial charge in [-0.3, -0.25) is 9.69 Å². The van der Waals surface area contributed by atoms with Gasteiger partial charge in [0.15, 0.2) is 5.78 Å². The smallest absolute Gasteiger partial charge is 0.159 e. The van der Waals surface area contributed by atoms with Crippen molar-refractivity contribution in [3.63, 3.8) is 0 Å². The van der Waals surface area contributed by atoms with Gasteiger partial charge in [0.25, 0.3) is 0 Å². The van der Waals surface area contributed by atoms with Gasteiger partial charge in [0, 0.05) is 27.7 Å². The number of ketones is 1.